The van der Waals surface area contributed by atoms with Crippen molar-refractivity contribution in [2.45, 2.75) is 56.0 Å². The summed E-state index contributed by atoms with van der Waals surface area (Å²) in [7, 11) is 0. The van der Waals surface area contributed by atoms with Crippen molar-refractivity contribution in [1.29, 1.82) is 5.26 Å². The third-order valence-electron chi connectivity index (χ3n) is 4.49. The summed E-state index contributed by atoms with van der Waals surface area (Å²) in [6.45, 7) is 0. The molecule has 1 aromatic heterocycles. The minimum absolute atomic E-state index is 0.0111. The van der Waals surface area contributed by atoms with Crippen LogP contribution in [0.1, 0.15) is 50.3 Å². The zero-order valence-corrected chi connectivity index (χ0v) is 11.1. The molecule has 0 aromatic carbocycles. The molecular weight excluding hydrogens is 264 g/mol. The average molecular weight is 281 g/mol. The highest BCUT2D eigenvalue weighted by Gasteiger charge is 2.47. The Morgan fingerprint density at radius 3 is 2.55 bits per heavy atom. The van der Waals surface area contributed by atoms with Crippen molar-refractivity contribution in [2.24, 2.45) is 11.7 Å². The summed E-state index contributed by atoms with van der Waals surface area (Å²) in [6, 6.07) is 1.85. The Hall–Kier alpha value is -1.55. The molecule has 7 heteroatoms. The second-order valence-corrected chi connectivity index (χ2v) is 5.95. The molecule has 0 saturated heterocycles. The lowest BCUT2D eigenvalue weighted by Crippen LogP contribution is -2.31. The monoisotopic (exact) mass is 281 g/mol. The Balaban J connectivity index is 1.69. The van der Waals surface area contributed by atoms with E-state index >= 15 is 0 Å². The molecule has 20 heavy (non-hydrogen) atoms. The van der Waals surface area contributed by atoms with Crippen molar-refractivity contribution in [3.63, 3.8) is 0 Å². The van der Waals surface area contributed by atoms with Gasteiger partial charge in [0.1, 0.15) is 0 Å². The number of rotatable bonds is 3. The second kappa shape index (κ2) is 4.48. The number of nitriles is 1. The van der Waals surface area contributed by atoms with Crippen molar-refractivity contribution < 1.29 is 8.78 Å². The van der Waals surface area contributed by atoms with E-state index in [0.29, 0.717) is 18.5 Å². The van der Waals surface area contributed by atoms with Crippen LogP contribution in [-0.2, 0) is 5.54 Å². The number of nitrogens with two attached hydrogens (primary N) is 1. The van der Waals surface area contributed by atoms with Crippen molar-refractivity contribution in [2.75, 3.05) is 0 Å². The molecule has 0 aliphatic heterocycles. The van der Waals surface area contributed by atoms with Crippen LogP contribution in [0.3, 0.4) is 0 Å². The van der Waals surface area contributed by atoms with Gasteiger partial charge in [-0.25, -0.2) is 13.5 Å². The predicted molar refractivity (Wildman–Crippen MR) is 66.7 cm³/mol. The van der Waals surface area contributed by atoms with Gasteiger partial charge in [-0.2, -0.15) is 5.26 Å². The van der Waals surface area contributed by atoms with Gasteiger partial charge in [-0.1, -0.05) is 5.21 Å². The van der Waals surface area contributed by atoms with Gasteiger partial charge in [-0.05, 0) is 31.6 Å². The van der Waals surface area contributed by atoms with E-state index in [1.54, 1.807) is 10.9 Å². The van der Waals surface area contributed by atoms with E-state index in [1.165, 1.54) is 0 Å². The Labute approximate surface area is 115 Å². The van der Waals surface area contributed by atoms with Crippen LogP contribution in [0, 0.1) is 17.2 Å². The van der Waals surface area contributed by atoms with Crippen molar-refractivity contribution >= 4 is 0 Å². The van der Waals surface area contributed by atoms with Crippen LogP contribution in [0.15, 0.2) is 6.20 Å². The quantitative estimate of drug-likeness (QED) is 0.920. The summed E-state index contributed by atoms with van der Waals surface area (Å²) in [5, 5.41) is 17.1. The van der Waals surface area contributed by atoms with Gasteiger partial charge < -0.3 is 5.73 Å². The number of halogens is 2. The van der Waals surface area contributed by atoms with Gasteiger partial charge in [0.05, 0.1) is 24.0 Å². The number of nitrogens with zero attached hydrogens (tertiary/aromatic N) is 4. The highest BCUT2D eigenvalue weighted by Crippen LogP contribution is 2.43. The first-order valence-corrected chi connectivity index (χ1v) is 6.93. The van der Waals surface area contributed by atoms with E-state index < -0.39 is 11.5 Å². The fourth-order valence-electron chi connectivity index (χ4n) is 2.81. The van der Waals surface area contributed by atoms with E-state index in [9.17, 15) is 8.78 Å². The highest BCUT2D eigenvalue weighted by molar-refractivity contribution is 5.17. The Morgan fingerprint density at radius 2 is 2.00 bits per heavy atom. The summed E-state index contributed by atoms with van der Waals surface area (Å²) < 4.78 is 27.9. The Bertz CT molecular complexity index is 533. The molecule has 5 nitrogen and oxygen atoms in total. The molecule has 108 valence electrons. The van der Waals surface area contributed by atoms with Crippen LogP contribution in [-0.4, -0.2) is 20.9 Å². The summed E-state index contributed by atoms with van der Waals surface area (Å²) in [4.78, 5) is 0. The second-order valence-electron chi connectivity index (χ2n) is 5.95. The van der Waals surface area contributed by atoms with E-state index in [4.69, 9.17) is 11.0 Å². The number of aromatic nitrogens is 3. The van der Waals surface area contributed by atoms with E-state index in [-0.39, 0.29) is 24.8 Å². The summed E-state index contributed by atoms with van der Waals surface area (Å²) in [6.07, 6.45) is 3.85. The molecule has 0 amide bonds. The van der Waals surface area contributed by atoms with Gasteiger partial charge >= 0.3 is 0 Å². The van der Waals surface area contributed by atoms with Gasteiger partial charge in [0.2, 0.25) is 5.92 Å². The number of hydrogen-bond acceptors (Lipinski definition) is 4. The topological polar surface area (TPSA) is 80.5 Å². The normalized spacial score (nSPS) is 25.9. The molecule has 0 spiro atoms. The number of hydrogen-bond donors (Lipinski definition) is 1. The smallest absolute Gasteiger partial charge is 0.248 e. The van der Waals surface area contributed by atoms with Crippen LogP contribution in [0.4, 0.5) is 8.78 Å². The molecule has 1 heterocycles. The minimum Gasteiger partial charge on any atom is -0.322 e. The van der Waals surface area contributed by atoms with Crippen LogP contribution in [0.25, 0.3) is 0 Å². The lowest BCUT2D eigenvalue weighted by Gasteiger charge is -2.31. The molecule has 2 aliphatic carbocycles. The lowest BCUT2D eigenvalue weighted by atomic mass is 9.81. The van der Waals surface area contributed by atoms with Crippen molar-refractivity contribution in [3.05, 3.63) is 11.9 Å². The highest BCUT2D eigenvalue weighted by atomic mass is 19.3. The molecule has 2 saturated carbocycles. The van der Waals surface area contributed by atoms with Crippen LogP contribution in [0.2, 0.25) is 0 Å². The largest absolute Gasteiger partial charge is 0.322 e. The maximum absolute atomic E-state index is 13.1. The van der Waals surface area contributed by atoms with E-state index in [2.05, 4.69) is 16.4 Å². The SMILES string of the molecule is N#CC1(n2cc([C@@H](N)C3CCC(F)(F)CC3)nn2)CC1. The van der Waals surface area contributed by atoms with Gasteiger partial charge in [0, 0.05) is 12.8 Å². The molecule has 1 atom stereocenters. The number of alkyl halides is 2. The maximum Gasteiger partial charge on any atom is 0.248 e. The molecule has 0 unspecified atom stereocenters. The fourth-order valence-corrected chi connectivity index (χ4v) is 2.81. The van der Waals surface area contributed by atoms with Gasteiger partial charge in [-0.15, -0.1) is 5.10 Å². The molecular formula is C13H17F2N5. The average Bonchev–Trinajstić information content (AvgIpc) is 3.07. The fraction of sp³-hybridized carbons (Fsp3) is 0.769. The Morgan fingerprint density at radius 1 is 1.35 bits per heavy atom. The maximum atomic E-state index is 13.1. The van der Waals surface area contributed by atoms with Gasteiger partial charge in [0.15, 0.2) is 5.54 Å². The zero-order chi connectivity index (χ0) is 14.4. The molecule has 0 bridgehead atoms. The summed E-state index contributed by atoms with van der Waals surface area (Å²) in [5.41, 5.74) is 6.18. The van der Waals surface area contributed by atoms with Crippen LogP contribution in [0.5, 0.6) is 0 Å². The van der Waals surface area contributed by atoms with Crippen molar-refractivity contribution in [1.82, 2.24) is 15.0 Å². The third-order valence-corrected chi connectivity index (χ3v) is 4.49. The molecule has 3 rings (SSSR count). The molecule has 1 aromatic rings. The first-order chi connectivity index (χ1) is 9.46. The molecule has 2 N–H and O–H groups in total. The third kappa shape index (κ3) is 2.29. The molecule has 2 fully saturated rings. The minimum atomic E-state index is -2.55. The van der Waals surface area contributed by atoms with Crippen LogP contribution >= 0.6 is 0 Å². The molecule has 2 aliphatic rings. The predicted octanol–water partition coefficient (Wildman–Crippen LogP) is 2.12. The lowest BCUT2D eigenvalue weighted by molar-refractivity contribution is -0.0484. The van der Waals surface area contributed by atoms with Crippen molar-refractivity contribution in [3.8, 4) is 6.07 Å². The van der Waals surface area contributed by atoms with E-state index in [1.807, 2.05) is 0 Å². The van der Waals surface area contributed by atoms with Crippen LogP contribution < -0.4 is 5.73 Å². The first-order valence-electron chi connectivity index (χ1n) is 6.93. The molecule has 0 radical (unpaired) electrons. The standard InChI is InChI=1S/C13H17F2N5/c14-13(15)3-1-9(2-4-13)11(17)10-7-20(19-18-10)12(8-16)5-6-12/h7,9,11H,1-6,17H2/t11-/m0/s1. The van der Waals surface area contributed by atoms with Gasteiger partial charge in [-0.3, -0.25) is 0 Å². The summed E-state index contributed by atoms with van der Waals surface area (Å²) >= 11 is 0. The van der Waals surface area contributed by atoms with E-state index in [0.717, 1.165) is 12.8 Å². The zero-order valence-electron chi connectivity index (χ0n) is 11.1. The van der Waals surface area contributed by atoms with Gasteiger partial charge in [0.25, 0.3) is 0 Å². The summed E-state index contributed by atoms with van der Waals surface area (Å²) in [5.74, 6) is -2.54. The first kappa shape index (κ1) is 13.4. The Kier molecular flexibility index (Phi) is 3.01.